The molecule has 0 spiro atoms. The van der Waals surface area contributed by atoms with Crippen molar-refractivity contribution in [3.8, 4) is 0 Å². The van der Waals surface area contributed by atoms with E-state index in [1.165, 1.54) is 32.1 Å². The molecule has 1 rings (SSSR count). The summed E-state index contributed by atoms with van der Waals surface area (Å²) >= 11 is 1.11. The van der Waals surface area contributed by atoms with Gasteiger partial charge in [-0.05, 0) is 12.8 Å². The highest BCUT2D eigenvalue weighted by atomic mass is 33.1. The van der Waals surface area contributed by atoms with Crippen LogP contribution in [0.15, 0.2) is 0 Å². The molecule has 0 unspecified atom stereocenters. The van der Waals surface area contributed by atoms with E-state index in [0.29, 0.717) is 5.25 Å². The Morgan fingerprint density at radius 3 is 2.42 bits per heavy atom. The molecule has 0 heterocycles. The maximum absolute atomic E-state index is 8.45. The van der Waals surface area contributed by atoms with Gasteiger partial charge in [-0.2, -0.15) is 0 Å². The third-order valence-corrected chi connectivity index (χ3v) is 5.02. The van der Waals surface area contributed by atoms with Crippen LogP contribution in [0.25, 0.3) is 0 Å². The fraction of sp³-hybridized carbons (Fsp3) is 1.00. The normalized spacial score (nSPS) is 20.2. The molecule has 0 aromatic carbocycles. The van der Waals surface area contributed by atoms with Crippen molar-refractivity contribution in [2.45, 2.75) is 37.4 Å². The molecule has 3 nitrogen and oxygen atoms in total. The van der Waals surface area contributed by atoms with Crippen molar-refractivity contribution in [2.24, 2.45) is 0 Å². The standard InChI is InChI=1S/C6H13O3PS2/c7-10(8)9-12-11-6-4-2-1-3-5-6/h6-8H,1-5H2. The van der Waals surface area contributed by atoms with Crippen LogP contribution in [0.4, 0.5) is 0 Å². The minimum absolute atomic E-state index is 0.638. The molecule has 0 radical (unpaired) electrons. The first kappa shape index (κ1) is 11.1. The fourth-order valence-electron chi connectivity index (χ4n) is 1.26. The van der Waals surface area contributed by atoms with E-state index in [-0.39, 0.29) is 0 Å². The molecule has 0 saturated heterocycles. The second-order valence-electron chi connectivity index (χ2n) is 2.75. The average molecular weight is 228 g/mol. The Morgan fingerprint density at radius 2 is 1.83 bits per heavy atom. The molecule has 0 atom stereocenters. The maximum Gasteiger partial charge on any atom is 0.340 e. The summed E-state index contributed by atoms with van der Waals surface area (Å²) in [5.41, 5.74) is 0. The maximum atomic E-state index is 8.45. The largest absolute Gasteiger partial charge is 0.340 e. The van der Waals surface area contributed by atoms with Gasteiger partial charge in [0.2, 0.25) is 0 Å². The zero-order valence-electron chi connectivity index (χ0n) is 6.68. The van der Waals surface area contributed by atoms with Gasteiger partial charge in [0.05, 0.1) is 11.1 Å². The molecule has 6 heteroatoms. The lowest BCUT2D eigenvalue weighted by molar-refractivity contribution is 0.399. The highest BCUT2D eigenvalue weighted by Gasteiger charge is 2.15. The van der Waals surface area contributed by atoms with Crippen molar-refractivity contribution >= 4 is 30.5 Å². The van der Waals surface area contributed by atoms with Crippen molar-refractivity contribution in [3.05, 3.63) is 0 Å². The van der Waals surface area contributed by atoms with Crippen molar-refractivity contribution in [1.82, 2.24) is 0 Å². The summed E-state index contributed by atoms with van der Waals surface area (Å²) in [6.45, 7) is 0. The van der Waals surface area contributed by atoms with E-state index in [0.717, 1.165) is 11.1 Å². The zero-order chi connectivity index (χ0) is 8.81. The Kier molecular flexibility index (Phi) is 5.97. The summed E-state index contributed by atoms with van der Waals surface area (Å²) in [4.78, 5) is 16.9. The van der Waals surface area contributed by atoms with E-state index in [2.05, 4.69) is 3.97 Å². The van der Waals surface area contributed by atoms with Crippen LogP contribution < -0.4 is 0 Å². The summed E-state index contributed by atoms with van der Waals surface area (Å²) in [6.07, 6.45) is 6.40. The first-order chi connectivity index (χ1) is 5.79. The topological polar surface area (TPSA) is 49.7 Å². The molecule has 1 aliphatic rings. The molecule has 1 saturated carbocycles. The highest BCUT2D eigenvalue weighted by molar-refractivity contribution is 8.75. The van der Waals surface area contributed by atoms with Crippen molar-refractivity contribution in [2.75, 3.05) is 0 Å². The Morgan fingerprint density at radius 1 is 1.17 bits per heavy atom. The van der Waals surface area contributed by atoms with Gasteiger partial charge in [-0.1, -0.05) is 30.1 Å². The molecule has 12 heavy (non-hydrogen) atoms. The Labute approximate surface area is 81.9 Å². The van der Waals surface area contributed by atoms with E-state index >= 15 is 0 Å². The van der Waals surface area contributed by atoms with E-state index < -0.39 is 8.60 Å². The quantitative estimate of drug-likeness (QED) is 0.440. The van der Waals surface area contributed by atoms with Crippen LogP contribution in [0.5, 0.6) is 0 Å². The third-order valence-electron chi connectivity index (χ3n) is 1.82. The van der Waals surface area contributed by atoms with Gasteiger partial charge in [0.1, 0.15) is 0 Å². The molecule has 0 aromatic heterocycles. The first-order valence-electron chi connectivity index (χ1n) is 3.97. The zero-order valence-corrected chi connectivity index (χ0v) is 9.21. The second-order valence-corrected chi connectivity index (χ2v) is 5.83. The monoisotopic (exact) mass is 228 g/mol. The van der Waals surface area contributed by atoms with E-state index in [1.807, 2.05) is 0 Å². The molecule has 72 valence electrons. The smallest absolute Gasteiger partial charge is 0.327 e. The predicted octanol–water partition coefficient (Wildman–Crippen LogP) is 2.84. The van der Waals surface area contributed by atoms with E-state index in [1.54, 1.807) is 10.8 Å². The molecule has 1 aliphatic carbocycles. The number of rotatable bonds is 4. The fourth-order valence-corrected chi connectivity index (χ4v) is 3.97. The minimum Gasteiger partial charge on any atom is -0.327 e. The summed E-state index contributed by atoms with van der Waals surface area (Å²) in [5.74, 6) is 0. The van der Waals surface area contributed by atoms with Crippen LogP contribution in [0, 0.1) is 0 Å². The van der Waals surface area contributed by atoms with Gasteiger partial charge in [-0.25, -0.2) is 3.97 Å². The number of hydrogen-bond acceptors (Lipinski definition) is 5. The van der Waals surface area contributed by atoms with Crippen LogP contribution in [0.2, 0.25) is 0 Å². The van der Waals surface area contributed by atoms with Crippen LogP contribution in [-0.4, -0.2) is 15.0 Å². The van der Waals surface area contributed by atoms with Gasteiger partial charge < -0.3 is 9.79 Å². The Bertz CT molecular complexity index is 119. The Balaban J connectivity index is 1.98. The van der Waals surface area contributed by atoms with E-state index in [9.17, 15) is 0 Å². The molecule has 0 bridgehead atoms. The van der Waals surface area contributed by atoms with Gasteiger partial charge in [-0.15, -0.1) is 0 Å². The molecule has 0 aliphatic heterocycles. The molecule has 1 fully saturated rings. The lowest BCUT2D eigenvalue weighted by Gasteiger charge is -2.19. The highest BCUT2D eigenvalue weighted by Crippen LogP contribution is 2.42. The molecular formula is C6H13O3PS2. The second kappa shape index (κ2) is 6.46. The molecular weight excluding hydrogens is 215 g/mol. The van der Waals surface area contributed by atoms with Crippen LogP contribution >= 0.6 is 30.5 Å². The van der Waals surface area contributed by atoms with Gasteiger partial charge in [0, 0.05) is 5.25 Å². The van der Waals surface area contributed by atoms with Crippen LogP contribution in [0.1, 0.15) is 32.1 Å². The summed E-state index contributed by atoms with van der Waals surface area (Å²) in [7, 11) is -0.569. The summed E-state index contributed by atoms with van der Waals surface area (Å²) < 4.78 is 4.60. The molecule has 2 N–H and O–H groups in total. The molecule has 0 amide bonds. The summed E-state index contributed by atoms with van der Waals surface area (Å²) in [6, 6.07) is 0. The van der Waals surface area contributed by atoms with Gasteiger partial charge in [0.25, 0.3) is 0 Å². The van der Waals surface area contributed by atoms with Gasteiger partial charge >= 0.3 is 8.60 Å². The van der Waals surface area contributed by atoms with Crippen LogP contribution in [-0.2, 0) is 3.97 Å². The van der Waals surface area contributed by atoms with Crippen molar-refractivity contribution in [3.63, 3.8) is 0 Å². The van der Waals surface area contributed by atoms with Crippen molar-refractivity contribution in [1.29, 1.82) is 0 Å². The SMILES string of the molecule is OP(O)OSSC1CCCCC1. The minimum atomic E-state index is -2.19. The summed E-state index contributed by atoms with van der Waals surface area (Å²) in [5, 5.41) is 0.638. The van der Waals surface area contributed by atoms with E-state index in [4.69, 9.17) is 9.79 Å². The van der Waals surface area contributed by atoms with Gasteiger partial charge in [0.15, 0.2) is 0 Å². The lowest BCUT2D eigenvalue weighted by atomic mass is 10.0. The first-order valence-corrected chi connectivity index (χ1v) is 7.27. The van der Waals surface area contributed by atoms with Crippen molar-refractivity contribution < 1.29 is 13.8 Å². The Hall–Kier alpha value is 1.01. The van der Waals surface area contributed by atoms with Gasteiger partial charge in [-0.3, -0.25) is 0 Å². The number of hydrogen-bond donors (Lipinski definition) is 2. The predicted molar refractivity (Wildman–Crippen MR) is 54.5 cm³/mol. The van der Waals surface area contributed by atoms with Crippen LogP contribution in [0.3, 0.4) is 0 Å². The average Bonchev–Trinajstić information content (AvgIpc) is 2.05. The molecule has 0 aromatic rings. The third kappa shape index (κ3) is 4.90. The lowest BCUT2D eigenvalue weighted by Crippen LogP contribution is -2.06.